The summed E-state index contributed by atoms with van der Waals surface area (Å²) in [6, 6.07) is 0. The summed E-state index contributed by atoms with van der Waals surface area (Å²) in [5, 5.41) is 0. The number of hydrogen-bond donors (Lipinski definition) is 0. The van der Waals surface area contributed by atoms with Gasteiger partial charge in [0.2, 0.25) is 0 Å². The fraction of sp³-hybridized carbons (Fsp3) is 0.375. The van der Waals surface area contributed by atoms with Crippen molar-refractivity contribution in [1.29, 1.82) is 0 Å². The molecule has 0 unspecified atom stereocenters. The Morgan fingerprint density at radius 3 is 2.30 bits per heavy atom. The van der Waals surface area contributed by atoms with Crippen LogP contribution >= 0.6 is 0 Å². The average molecular weight is 140 g/mol. The highest BCUT2D eigenvalue weighted by Crippen LogP contribution is 2.06. The molecule has 0 aromatic heterocycles. The Morgan fingerprint density at radius 1 is 1.50 bits per heavy atom. The van der Waals surface area contributed by atoms with Crippen LogP contribution in [0.5, 0.6) is 0 Å². The predicted octanol–water partition coefficient (Wildman–Crippen LogP) is 1.68. The van der Waals surface area contributed by atoms with Crippen LogP contribution in [0.2, 0.25) is 0 Å². The molecule has 0 atom stereocenters. The molecule has 0 saturated heterocycles. The van der Waals surface area contributed by atoms with Gasteiger partial charge in [-0.15, -0.1) is 0 Å². The number of hydrogen-bond acceptors (Lipinski definition) is 2. The first kappa shape index (κ1) is 8.95. The van der Waals surface area contributed by atoms with Crippen molar-refractivity contribution in [3.8, 4) is 0 Å². The van der Waals surface area contributed by atoms with E-state index in [2.05, 4.69) is 17.9 Å². The van der Waals surface area contributed by atoms with Crippen molar-refractivity contribution < 1.29 is 9.53 Å². The largest absolute Gasteiger partial charge is 0.466 e. The molecule has 0 bridgehead atoms. The Hall–Kier alpha value is -1.05. The molecule has 0 aromatic rings. The van der Waals surface area contributed by atoms with E-state index in [1.54, 1.807) is 0 Å². The SMILES string of the molecule is C=C(C)CC(=C)C(=O)OC. The monoisotopic (exact) mass is 140 g/mol. The minimum absolute atomic E-state index is 0.358. The molecule has 0 N–H and O–H groups in total. The predicted molar refractivity (Wildman–Crippen MR) is 40.6 cm³/mol. The van der Waals surface area contributed by atoms with Crippen molar-refractivity contribution in [2.45, 2.75) is 13.3 Å². The number of carbonyl (C=O) groups is 1. The van der Waals surface area contributed by atoms with E-state index in [1.165, 1.54) is 7.11 Å². The Labute approximate surface area is 61.2 Å². The zero-order chi connectivity index (χ0) is 8.15. The van der Waals surface area contributed by atoms with Crippen LogP contribution in [0, 0.1) is 0 Å². The Kier molecular flexibility index (Phi) is 3.47. The van der Waals surface area contributed by atoms with Crippen LogP contribution in [0.4, 0.5) is 0 Å². The molecule has 10 heavy (non-hydrogen) atoms. The highest BCUT2D eigenvalue weighted by atomic mass is 16.5. The van der Waals surface area contributed by atoms with E-state index >= 15 is 0 Å². The minimum Gasteiger partial charge on any atom is -0.466 e. The quantitative estimate of drug-likeness (QED) is 0.338. The Morgan fingerprint density at radius 2 is 2.00 bits per heavy atom. The summed E-state index contributed by atoms with van der Waals surface area (Å²) in [4.78, 5) is 10.7. The summed E-state index contributed by atoms with van der Waals surface area (Å²) >= 11 is 0. The van der Waals surface area contributed by atoms with Gasteiger partial charge in [0.05, 0.1) is 7.11 Å². The number of allylic oxidation sites excluding steroid dienone is 1. The second-order valence-corrected chi connectivity index (χ2v) is 2.23. The van der Waals surface area contributed by atoms with E-state index in [0.29, 0.717) is 12.0 Å². The number of carbonyl (C=O) groups excluding carboxylic acids is 1. The lowest BCUT2D eigenvalue weighted by Gasteiger charge is -2.00. The van der Waals surface area contributed by atoms with Gasteiger partial charge >= 0.3 is 5.97 Å². The molecular formula is C8H12O2. The van der Waals surface area contributed by atoms with E-state index in [-0.39, 0.29) is 5.97 Å². The fourth-order valence-corrected chi connectivity index (χ4v) is 0.581. The Bertz CT molecular complexity index is 168. The van der Waals surface area contributed by atoms with Crippen molar-refractivity contribution in [3.63, 3.8) is 0 Å². The molecule has 0 aliphatic heterocycles. The third-order valence-corrected chi connectivity index (χ3v) is 0.989. The van der Waals surface area contributed by atoms with Gasteiger partial charge in [0, 0.05) is 5.57 Å². The summed E-state index contributed by atoms with van der Waals surface area (Å²) in [6.07, 6.45) is 0.521. The second-order valence-electron chi connectivity index (χ2n) is 2.23. The van der Waals surface area contributed by atoms with Crippen molar-refractivity contribution in [2.75, 3.05) is 7.11 Å². The number of esters is 1. The smallest absolute Gasteiger partial charge is 0.333 e. The van der Waals surface area contributed by atoms with Crippen LogP contribution in [0.1, 0.15) is 13.3 Å². The van der Waals surface area contributed by atoms with Gasteiger partial charge in [-0.1, -0.05) is 18.7 Å². The molecule has 0 amide bonds. The minimum atomic E-state index is -0.358. The van der Waals surface area contributed by atoms with Crippen LogP contribution in [0.15, 0.2) is 24.3 Å². The lowest BCUT2D eigenvalue weighted by atomic mass is 10.1. The third kappa shape index (κ3) is 3.07. The van der Waals surface area contributed by atoms with E-state index < -0.39 is 0 Å². The van der Waals surface area contributed by atoms with Crippen LogP contribution in [0.25, 0.3) is 0 Å². The molecule has 2 heteroatoms. The first-order valence-corrected chi connectivity index (χ1v) is 2.98. The maximum atomic E-state index is 10.7. The molecule has 2 nitrogen and oxygen atoms in total. The molecule has 56 valence electrons. The summed E-state index contributed by atoms with van der Waals surface area (Å²) in [5.74, 6) is -0.358. The van der Waals surface area contributed by atoms with Crippen LogP contribution < -0.4 is 0 Å². The lowest BCUT2D eigenvalue weighted by molar-refractivity contribution is -0.136. The van der Waals surface area contributed by atoms with E-state index in [4.69, 9.17) is 0 Å². The van der Waals surface area contributed by atoms with Crippen molar-refractivity contribution in [3.05, 3.63) is 24.3 Å². The summed E-state index contributed by atoms with van der Waals surface area (Å²) in [6.45, 7) is 9.01. The van der Waals surface area contributed by atoms with Gasteiger partial charge in [-0.3, -0.25) is 0 Å². The maximum Gasteiger partial charge on any atom is 0.333 e. The van der Waals surface area contributed by atoms with Crippen molar-refractivity contribution in [2.24, 2.45) is 0 Å². The maximum absolute atomic E-state index is 10.7. The number of methoxy groups -OCH3 is 1. The highest BCUT2D eigenvalue weighted by Gasteiger charge is 2.04. The zero-order valence-corrected chi connectivity index (χ0v) is 6.44. The van der Waals surface area contributed by atoms with Crippen LogP contribution in [0.3, 0.4) is 0 Å². The molecule has 0 aliphatic rings. The standard InChI is InChI=1S/C8H12O2/c1-6(2)5-7(3)8(9)10-4/h1,3,5H2,2,4H3. The molecule has 0 heterocycles. The van der Waals surface area contributed by atoms with Gasteiger partial charge in [-0.2, -0.15) is 0 Å². The number of ether oxygens (including phenoxy) is 1. The van der Waals surface area contributed by atoms with E-state index in [1.807, 2.05) is 6.92 Å². The molecule has 0 saturated carbocycles. The lowest BCUT2D eigenvalue weighted by Crippen LogP contribution is -2.03. The first-order chi connectivity index (χ1) is 4.57. The van der Waals surface area contributed by atoms with Gasteiger partial charge < -0.3 is 4.74 Å². The van der Waals surface area contributed by atoms with E-state index in [9.17, 15) is 4.79 Å². The molecule has 0 rings (SSSR count). The third-order valence-electron chi connectivity index (χ3n) is 0.989. The summed E-state index contributed by atoms with van der Waals surface area (Å²) in [7, 11) is 1.34. The van der Waals surface area contributed by atoms with Gasteiger partial charge in [0.1, 0.15) is 0 Å². The van der Waals surface area contributed by atoms with Gasteiger partial charge in [-0.25, -0.2) is 4.79 Å². The van der Waals surface area contributed by atoms with Crippen molar-refractivity contribution >= 4 is 5.97 Å². The molecule has 0 fully saturated rings. The normalized spacial score (nSPS) is 8.60. The fourth-order valence-electron chi connectivity index (χ4n) is 0.581. The van der Waals surface area contributed by atoms with Gasteiger partial charge in [-0.05, 0) is 13.3 Å². The van der Waals surface area contributed by atoms with Crippen LogP contribution in [-0.4, -0.2) is 13.1 Å². The second kappa shape index (κ2) is 3.88. The first-order valence-electron chi connectivity index (χ1n) is 2.98. The summed E-state index contributed by atoms with van der Waals surface area (Å²) < 4.78 is 4.43. The number of rotatable bonds is 3. The molecular weight excluding hydrogens is 128 g/mol. The molecule has 0 spiro atoms. The van der Waals surface area contributed by atoms with Gasteiger partial charge in [0.15, 0.2) is 0 Å². The Balaban J connectivity index is 3.86. The topological polar surface area (TPSA) is 26.3 Å². The average Bonchev–Trinajstić information content (AvgIpc) is 1.85. The zero-order valence-electron chi connectivity index (χ0n) is 6.44. The highest BCUT2D eigenvalue weighted by molar-refractivity contribution is 5.87. The molecule has 0 radical (unpaired) electrons. The van der Waals surface area contributed by atoms with Crippen molar-refractivity contribution in [1.82, 2.24) is 0 Å². The molecule has 0 aliphatic carbocycles. The van der Waals surface area contributed by atoms with E-state index in [0.717, 1.165) is 5.57 Å². The van der Waals surface area contributed by atoms with Gasteiger partial charge in [0.25, 0.3) is 0 Å². The van der Waals surface area contributed by atoms with Crippen LogP contribution in [-0.2, 0) is 9.53 Å². The summed E-state index contributed by atoms with van der Waals surface area (Å²) in [5.41, 5.74) is 1.37. The molecule has 0 aromatic carbocycles.